The third kappa shape index (κ3) is 2.91. The van der Waals surface area contributed by atoms with Gasteiger partial charge in [-0.3, -0.25) is 0 Å². The molecule has 0 aliphatic rings. The summed E-state index contributed by atoms with van der Waals surface area (Å²) in [6.07, 6.45) is 0.788. The largest absolute Gasteiger partial charge is 0.436 e. The summed E-state index contributed by atoms with van der Waals surface area (Å²) >= 11 is 12.3. The lowest BCUT2D eigenvalue weighted by Crippen LogP contribution is -1.87. The Morgan fingerprint density at radius 1 is 0.875 bits per heavy atom. The van der Waals surface area contributed by atoms with Gasteiger partial charge < -0.3 is 4.42 Å². The maximum Gasteiger partial charge on any atom is 0.228 e. The second-order valence-electron chi connectivity index (χ2n) is 5.57. The maximum atomic E-state index is 6.27. The highest BCUT2D eigenvalue weighted by Crippen LogP contribution is 2.33. The quantitative estimate of drug-likeness (QED) is 0.426. The van der Waals surface area contributed by atoms with Crippen molar-refractivity contribution in [2.24, 2.45) is 0 Å². The summed E-state index contributed by atoms with van der Waals surface area (Å²) in [5.41, 5.74) is 4.62. The molecule has 0 spiro atoms. The lowest BCUT2D eigenvalue weighted by atomic mass is 10.0. The number of oxazole rings is 1. The van der Waals surface area contributed by atoms with Crippen LogP contribution < -0.4 is 0 Å². The average molecular weight is 354 g/mol. The number of benzene rings is 3. The van der Waals surface area contributed by atoms with E-state index in [2.05, 4.69) is 23.2 Å². The zero-order chi connectivity index (χ0) is 16.5. The van der Waals surface area contributed by atoms with Crippen LogP contribution in [0.5, 0.6) is 0 Å². The molecule has 4 rings (SSSR count). The molecule has 0 aliphatic carbocycles. The van der Waals surface area contributed by atoms with Crippen LogP contribution in [0, 0.1) is 0 Å². The fraction of sp³-hybridized carbons (Fsp3) is 0.0500. The van der Waals surface area contributed by atoms with Gasteiger partial charge in [-0.1, -0.05) is 65.7 Å². The van der Waals surface area contributed by atoms with Crippen LogP contribution in [0.4, 0.5) is 0 Å². The molecule has 0 amide bonds. The summed E-state index contributed by atoms with van der Waals surface area (Å²) < 4.78 is 6.04. The van der Waals surface area contributed by atoms with E-state index in [4.69, 9.17) is 27.6 Å². The minimum absolute atomic E-state index is 0.484. The van der Waals surface area contributed by atoms with Crippen LogP contribution in [-0.4, -0.2) is 4.98 Å². The third-order valence-electron chi connectivity index (χ3n) is 3.89. The number of rotatable bonds is 3. The Morgan fingerprint density at radius 2 is 1.71 bits per heavy atom. The van der Waals surface area contributed by atoms with Crippen LogP contribution in [-0.2, 0) is 6.42 Å². The number of para-hydroxylation sites is 1. The molecular formula is C20H13Cl2NO. The Hall–Kier alpha value is -2.29. The van der Waals surface area contributed by atoms with Crippen molar-refractivity contribution in [3.8, 4) is 11.5 Å². The Labute approximate surface area is 149 Å². The molecule has 1 heterocycles. The maximum absolute atomic E-state index is 6.27. The molecule has 2 nitrogen and oxygen atoms in total. The number of fused-ring (bicyclic) bond motifs is 1. The zero-order valence-corrected chi connectivity index (χ0v) is 14.2. The van der Waals surface area contributed by atoms with Crippen molar-refractivity contribution in [3.63, 3.8) is 0 Å². The summed E-state index contributed by atoms with van der Waals surface area (Å²) in [6.45, 7) is 0. The normalized spacial score (nSPS) is 11.1. The van der Waals surface area contributed by atoms with Gasteiger partial charge in [0.25, 0.3) is 0 Å². The van der Waals surface area contributed by atoms with Crippen LogP contribution in [0.3, 0.4) is 0 Å². The van der Waals surface area contributed by atoms with E-state index in [0.717, 1.165) is 23.1 Å². The van der Waals surface area contributed by atoms with Crippen molar-refractivity contribution >= 4 is 34.3 Å². The molecule has 0 N–H and O–H groups in total. The van der Waals surface area contributed by atoms with E-state index in [1.165, 1.54) is 5.56 Å². The molecule has 0 saturated heterocycles. The second-order valence-corrected chi connectivity index (χ2v) is 6.41. The van der Waals surface area contributed by atoms with Crippen molar-refractivity contribution in [3.05, 3.63) is 87.9 Å². The van der Waals surface area contributed by atoms with Crippen LogP contribution >= 0.6 is 23.2 Å². The molecule has 1 aromatic heterocycles. The van der Waals surface area contributed by atoms with Gasteiger partial charge in [0, 0.05) is 17.0 Å². The van der Waals surface area contributed by atoms with Crippen molar-refractivity contribution in [2.45, 2.75) is 6.42 Å². The summed E-state index contributed by atoms with van der Waals surface area (Å²) in [6, 6.07) is 21.5. The highest BCUT2D eigenvalue weighted by molar-refractivity contribution is 6.35. The second kappa shape index (κ2) is 6.31. The Balaban J connectivity index is 1.81. The number of hydrogen-bond acceptors (Lipinski definition) is 2. The highest BCUT2D eigenvalue weighted by Gasteiger charge is 2.14. The molecule has 0 unspecified atom stereocenters. The van der Waals surface area contributed by atoms with Gasteiger partial charge in [-0.2, -0.15) is 0 Å². The lowest BCUT2D eigenvalue weighted by Gasteiger charge is -2.02. The van der Waals surface area contributed by atoms with E-state index < -0.39 is 0 Å². The summed E-state index contributed by atoms with van der Waals surface area (Å²) in [4.78, 5) is 4.58. The van der Waals surface area contributed by atoms with Gasteiger partial charge in [-0.05, 0) is 29.8 Å². The van der Waals surface area contributed by atoms with Gasteiger partial charge >= 0.3 is 0 Å². The van der Waals surface area contributed by atoms with E-state index in [-0.39, 0.29) is 0 Å². The molecule has 0 radical (unpaired) electrons. The molecule has 4 aromatic rings. The molecule has 4 heteroatoms. The molecule has 0 saturated carbocycles. The summed E-state index contributed by atoms with van der Waals surface area (Å²) in [7, 11) is 0. The van der Waals surface area contributed by atoms with E-state index in [1.54, 1.807) is 18.2 Å². The fourth-order valence-electron chi connectivity index (χ4n) is 2.74. The molecular weight excluding hydrogens is 341 g/mol. The minimum Gasteiger partial charge on any atom is -0.436 e. The molecule has 0 atom stereocenters. The zero-order valence-electron chi connectivity index (χ0n) is 12.7. The third-order valence-corrected chi connectivity index (χ3v) is 4.46. The Morgan fingerprint density at radius 3 is 2.54 bits per heavy atom. The number of aromatic nitrogens is 1. The lowest BCUT2D eigenvalue weighted by molar-refractivity contribution is 0.616. The fourth-order valence-corrected chi connectivity index (χ4v) is 3.11. The van der Waals surface area contributed by atoms with Crippen LogP contribution in [0.2, 0.25) is 10.0 Å². The van der Waals surface area contributed by atoms with Gasteiger partial charge in [0.1, 0.15) is 5.52 Å². The number of halogens is 2. The standard InChI is InChI=1S/C20H13Cl2NO/c21-15-9-10-17(22)16(12-15)20-23-18-8-4-7-14(19(18)24-20)11-13-5-2-1-3-6-13/h1-10,12H,11H2. The van der Waals surface area contributed by atoms with Crippen molar-refractivity contribution in [1.29, 1.82) is 0 Å². The first-order valence-electron chi connectivity index (χ1n) is 7.58. The average Bonchev–Trinajstić information content (AvgIpc) is 3.03. The van der Waals surface area contributed by atoms with Gasteiger partial charge in [-0.25, -0.2) is 4.98 Å². The topological polar surface area (TPSA) is 26.0 Å². The van der Waals surface area contributed by atoms with E-state index in [1.807, 2.05) is 30.3 Å². The van der Waals surface area contributed by atoms with Gasteiger partial charge in [0.05, 0.1) is 10.6 Å². The summed E-state index contributed by atoms with van der Waals surface area (Å²) in [5, 5.41) is 1.16. The van der Waals surface area contributed by atoms with Crippen LogP contribution in [0.25, 0.3) is 22.6 Å². The van der Waals surface area contributed by atoms with Crippen molar-refractivity contribution < 1.29 is 4.42 Å². The molecule has 0 bridgehead atoms. The Kier molecular flexibility index (Phi) is 4.01. The van der Waals surface area contributed by atoms with Crippen LogP contribution in [0.1, 0.15) is 11.1 Å². The molecule has 0 fully saturated rings. The van der Waals surface area contributed by atoms with Gasteiger partial charge in [-0.15, -0.1) is 0 Å². The number of hydrogen-bond donors (Lipinski definition) is 0. The van der Waals surface area contributed by atoms with Crippen molar-refractivity contribution in [1.82, 2.24) is 4.98 Å². The van der Waals surface area contributed by atoms with E-state index in [0.29, 0.717) is 21.5 Å². The predicted molar refractivity (Wildman–Crippen MR) is 98.7 cm³/mol. The monoisotopic (exact) mass is 353 g/mol. The first kappa shape index (κ1) is 15.3. The smallest absolute Gasteiger partial charge is 0.228 e. The minimum atomic E-state index is 0.484. The van der Waals surface area contributed by atoms with Crippen molar-refractivity contribution in [2.75, 3.05) is 0 Å². The summed E-state index contributed by atoms with van der Waals surface area (Å²) in [5.74, 6) is 0.484. The van der Waals surface area contributed by atoms with E-state index in [9.17, 15) is 0 Å². The first-order valence-corrected chi connectivity index (χ1v) is 8.34. The molecule has 3 aromatic carbocycles. The van der Waals surface area contributed by atoms with Crippen LogP contribution in [0.15, 0.2) is 71.1 Å². The molecule has 24 heavy (non-hydrogen) atoms. The number of nitrogens with zero attached hydrogens (tertiary/aromatic N) is 1. The van der Waals surface area contributed by atoms with E-state index >= 15 is 0 Å². The SMILES string of the molecule is Clc1ccc(Cl)c(-c2nc3cccc(Cc4ccccc4)c3o2)c1. The molecule has 118 valence electrons. The first-order chi connectivity index (χ1) is 11.7. The van der Waals surface area contributed by atoms with Gasteiger partial charge in [0.15, 0.2) is 5.58 Å². The predicted octanol–water partition coefficient (Wildman–Crippen LogP) is 6.39. The van der Waals surface area contributed by atoms with Gasteiger partial charge in [0.2, 0.25) is 5.89 Å². The highest BCUT2D eigenvalue weighted by atomic mass is 35.5. The Bertz CT molecular complexity index is 1010. The molecule has 0 aliphatic heterocycles.